The Morgan fingerprint density at radius 3 is 1.67 bits per heavy atom. The van der Waals surface area contributed by atoms with Crippen molar-refractivity contribution >= 4 is 59.7 Å². The van der Waals surface area contributed by atoms with Gasteiger partial charge < -0.3 is 42.0 Å². The summed E-state index contributed by atoms with van der Waals surface area (Å²) < 4.78 is 46.6. The van der Waals surface area contributed by atoms with Gasteiger partial charge in [0.2, 0.25) is 6.29 Å². The number of halogens is 1. The number of amides is 2. The second kappa shape index (κ2) is 20.9. The van der Waals surface area contributed by atoms with Gasteiger partial charge in [0.1, 0.15) is 31.5 Å². The molecular weight excluding hydrogens is 882 g/mol. The summed E-state index contributed by atoms with van der Waals surface area (Å²) >= 11 is 5.49. The number of likely N-dealkylation sites (N-methyl/N-ethyl adjacent to an activating group) is 2. The first kappa shape index (κ1) is 54.0. The molecule has 1 aliphatic rings. The smallest absolute Gasteiger partial charge is 0.409 e. The quantitative estimate of drug-likeness (QED) is 0.0368. The molecule has 63 heavy (non-hydrogen) atoms. The fourth-order valence-electron chi connectivity index (χ4n) is 5.60. The molecule has 0 saturated carbocycles. The molecule has 1 saturated heterocycles. The van der Waals surface area contributed by atoms with E-state index in [4.69, 9.17) is 43.8 Å². The fraction of sp³-hybridized carbons (Fsp3) is 0.659. The van der Waals surface area contributed by atoms with Gasteiger partial charge in [0.25, 0.3) is 0 Å². The van der Waals surface area contributed by atoms with E-state index in [9.17, 15) is 24.5 Å². The average Bonchev–Trinajstić information content (AvgIpc) is 3.15. The van der Waals surface area contributed by atoms with Gasteiger partial charge in [-0.05, 0) is 83.2 Å². The number of rotatable bonds is 17. The number of hydrogen-bond acceptors (Lipinski definition) is 12. The summed E-state index contributed by atoms with van der Waals surface area (Å²) in [5.74, 6) is -0.871. The first-order valence-corrected chi connectivity index (χ1v) is 30.4. The van der Waals surface area contributed by atoms with E-state index in [0.29, 0.717) is 5.56 Å². The minimum absolute atomic E-state index is 0.0348. The summed E-state index contributed by atoms with van der Waals surface area (Å²) in [6.07, 6.45) is -6.51. The molecule has 354 valence electrons. The number of carbonyl (C=O) groups excluding carboxylic acids is 3. The van der Waals surface area contributed by atoms with Crippen LogP contribution in [0.5, 0.6) is 5.75 Å². The first-order chi connectivity index (χ1) is 28.7. The molecule has 1 heterocycles. The van der Waals surface area contributed by atoms with Crippen LogP contribution in [0.15, 0.2) is 48.5 Å². The lowest BCUT2D eigenvalue weighted by molar-refractivity contribution is -0.387. The standard InChI is InChI=1S/C44H72ClN3O12Si3/c1-42(2,3)61(12,13)58-34-35(59-62(14,15)43(4,5)6)37(60-63(16,17)44(7,8)9)39(57-36(34)38(49)54-28-30-21-19-18-20-22-30)56-33-24-23-31(27-32(33)48(52)53)29-55-41(51)47(11)26-25-46(10)40(45)50/h18-24,27,34-37,39H,25-26,28-29H2,1-17H3/t34-,35-,36-,37+,39+/m0/s1. The Balaban J connectivity index is 2.21. The molecule has 5 atom stereocenters. The summed E-state index contributed by atoms with van der Waals surface area (Å²) in [7, 11) is -5.17. The third-order valence-electron chi connectivity index (χ3n) is 12.9. The SMILES string of the molecule is CN(CCN(C)C(=O)OCc1ccc(O[C@@H]2O[C@H](C(=O)OCc3ccccc3)[C@@H](O[Si](C)(C)C(C)(C)C)[C@H](O[Si](C)(C)C(C)(C)C)[C@H]2O[Si](C)(C)C(C)(C)C)c([N+](=O)[O-])c1)C(=O)Cl. The highest BCUT2D eigenvalue weighted by atomic mass is 35.5. The van der Waals surface area contributed by atoms with Crippen molar-refractivity contribution in [1.82, 2.24) is 9.80 Å². The molecule has 0 bridgehead atoms. The van der Waals surface area contributed by atoms with E-state index in [2.05, 4.69) is 102 Å². The van der Waals surface area contributed by atoms with E-state index in [1.165, 1.54) is 36.0 Å². The Kier molecular flexibility index (Phi) is 17.9. The van der Waals surface area contributed by atoms with Crippen LogP contribution in [0.3, 0.4) is 0 Å². The Bertz CT molecular complexity index is 1900. The monoisotopic (exact) mass is 953 g/mol. The van der Waals surface area contributed by atoms with Crippen molar-refractivity contribution in [3.63, 3.8) is 0 Å². The van der Waals surface area contributed by atoms with E-state index >= 15 is 0 Å². The maximum Gasteiger partial charge on any atom is 0.409 e. The van der Waals surface area contributed by atoms with Gasteiger partial charge in [-0.3, -0.25) is 14.9 Å². The topological polar surface area (TPSA) is 165 Å². The Labute approximate surface area is 382 Å². The van der Waals surface area contributed by atoms with E-state index in [1.54, 1.807) is 6.07 Å². The molecule has 2 amide bonds. The summed E-state index contributed by atoms with van der Waals surface area (Å²) in [5.41, 5.74) is 0.651. The van der Waals surface area contributed by atoms with Gasteiger partial charge in [-0.2, -0.15) is 0 Å². The molecular formula is C44H72ClN3O12Si3. The third-order valence-corrected chi connectivity index (χ3v) is 26.6. The number of carbonyl (C=O) groups is 3. The summed E-state index contributed by atoms with van der Waals surface area (Å²) in [4.78, 5) is 53.3. The van der Waals surface area contributed by atoms with Crippen molar-refractivity contribution in [3.8, 4) is 5.75 Å². The Morgan fingerprint density at radius 2 is 1.17 bits per heavy atom. The average molecular weight is 955 g/mol. The number of benzene rings is 2. The van der Waals surface area contributed by atoms with Crippen molar-refractivity contribution in [2.45, 2.75) is 161 Å². The lowest BCUT2D eigenvalue weighted by Gasteiger charge is -2.53. The zero-order chi connectivity index (χ0) is 48.1. The van der Waals surface area contributed by atoms with E-state index in [-0.39, 0.29) is 47.2 Å². The van der Waals surface area contributed by atoms with Gasteiger partial charge in [-0.1, -0.05) is 98.7 Å². The maximum atomic E-state index is 14.6. The molecule has 2 aromatic carbocycles. The van der Waals surface area contributed by atoms with Gasteiger partial charge in [-0.25, -0.2) is 9.59 Å². The van der Waals surface area contributed by atoms with Gasteiger partial charge >= 0.3 is 23.1 Å². The molecule has 0 radical (unpaired) electrons. The third kappa shape index (κ3) is 14.3. The van der Waals surface area contributed by atoms with Crippen LogP contribution in [0.4, 0.5) is 15.3 Å². The van der Waals surface area contributed by atoms with E-state index in [1.807, 2.05) is 30.3 Å². The molecule has 0 aliphatic carbocycles. The van der Waals surface area contributed by atoms with Crippen molar-refractivity contribution in [2.24, 2.45) is 0 Å². The van der Waals surface area contributed by atoms with Crippen LogP contribution in [0, 0.1) is 10.1 Å². The molecule has 1 aliphatic heterocycles. The first-order valence-electron chi connectivity index (χ1n) is 21.3. The predicted molar refractivity (Wildman–Crippen MR) is 252 cm³/mol. The molecule has 15 nitrogen and oxygen atoms in total. The fourth-order valence-corrected chi connectivity index (χ4v) is 9.56. The second-order valence-corrected chi connectivity index (χ2v) is 35.5. The Hall–Kier alpha value is -3.37. The van der Waals surface area contributed by atoms with Crippen molar-refractivity contribution < 1.29 is 51.5 Å². The second-order valence-electron chi connectivity index (χ2n) is 20.9. The molecule has 0 spiro atoms. The van der Waals surface area contributed by atoms with Gasteiger partial charge in [0, 0.05) is 33.3 Å². The highest BCUT2D eigenvalue weighted by Gasteiger charge is 2.59. The van der Waals surface area contributed by atoms with Crippen molar-refractivity contribution in [1.29, 1.82) is 0 Å². The van der Waals surface area contributed by atoms with Gasteiger partial charge in [0.05, 0.1) is 4.92 Å². The van der Waals surface area contributed by atoms with E-state index in [0.717, 1.165) is 5.56 Å². The highest BCUT2D eigenvalue weighted by Crippen LogP contribution is 2.47. The maximum absolute atomic E-state index is 14.6. The number of nitro groups is 1. The minimum atomic E-state index is -2.74. The van der Waals surface area contributed by atoms with Crippen LogP contribution in [-0.2, 0) is 45.5 Å². The van der Waals surface area contributed by atoms with Crippen molar-refractivity contribution in [3.05, 3.63) is 69.8 Å². The van der Waals surface area contributed by atoms with Crippen LogP contribution in [0.2, 0.25) is 54.4 Å². The van der Waals surface area contributed by atoms with Crippen molar-refractivity contribution in [2.75, 3.05) is 27.2 Å². The highest BCUT2D eigenvalue weighted by molar-refractivity contribution is 6.75. The molecule has 3 rings (SSSR count). The molecule has 19 heteroatoms. The van der Waals surface area contributed by atoms with Crippen LogP contribution >= 0.6 is 11.6 Å². The normalized spacial score (nSPS) is 20.1. The van der Waals surface area contributed by atoms with Crippen LogP contribution < -0.4 is 4.74 Å². The molecule has 1 fully saturated rings. The zero-order valence-electron chi connectivity index (χ0n) is 40.5. The molecule has 0 unspecified atom stereocenters. The Morgan fingerprint density at radius 1 is 0.698 bits per heavy atom. The number of esters is 1. The molecule has 0 aromatic heterocycles. The van der Waals surface area contributed by atoms with Gasteiger partial charge in [-0.15, -0.1) is 0 Å². The van der Waals surface area contributed by atoms with Crippen LogP contribution in [0.25, 0.3) is 0 Å². The number of nitrogens with zero attached hydrogens (tertiary/aromatic N) is 3. The van der Waals surface area contributed by atoms with Crippen LogP contribution in [0.1, 0.15) is 73.4 Å². The number of ether oxygens (including phenoxy) is 4. The zero-order valence-corrected chi connectivity index (χ0v) is 44.2. The summed E-state index contributed by atoms with van der Waals surface area (Å²) in [5, 5.41) is 11.2. The molecule has 2 aromatic rings. The summed E-state index contributed by atoms with van der Waals surface area (Å²) in [6.45, 7) is 31.6. The molecule has 0 N–H and O–H groups in total. The number of nitro benzene ring substituents is 1. The lowest BCUT2D eigenvalue weighted by Crippen LogP contribution is -2.69. The summed E-state index contributed by atoms with van der Waals surface area (Å²) in [6, 6.07) is 13.5. The van der Waals surface area contributed by atoms with Crippen LogP contribution in [-0.4, -0.2) is 115 Å². The minimum Gasteiger partial charge on any atom is -0.459 e. The predicted octanol–water partition coefficient (Wildman–Crippen LogP) is 10.5. The largest absolute Gasteiger partial charge is 0.459 e. The lowest BCUT2D eigenvalue weighted by atomic mass is 9.99. The van der Waals surface area contributed by atoms with E-state index < -0.39 is 83.7 Å². The van der Waals surface area contributed by atoms with Gasteiger partial charge in [0.15, 0.2) is 36.8 Å². The number of hydrogen-bond donors (Lipinski definition) is 0.